The second kappa shape index (κ2) is 4.98. The first-order chi connectivity index (χ1) is 7.77. The van der Waals surface area contributed by atoms with Crippen LogP contribution in [-0.4, -0.2) is 36.8 Å². The monoisotopic (exact) mass is 283 g/mol. The van der Waals surface area contributed by atoms with Crippen LogP contribution in [0.3, 0.4) is 0 Å². The molecule has 1 unspecified atom stereocenters. The zero-order valence-electron chi connectivity index (χ0n) is 9.03. The lowest BCUT2D eigenvalue weighted by atomic mass is 10.4. The molecule has 0 spiro atoms. The molecule has 1 rings (SSSR count). The van der Waals surface area contributed by atoms with Gasteiger partial charge in [0.05, 0.1) is 23.9 Å². The molecule has 0 aliphatic carbocycles. The number of nitro groups is 1. The number of hydrogen-bond donors (Lipinski definition) is 0. The first-order valence-electron chi connectivity index (χ1n) is 4.44. The van der Waals surface area contributed by atoms with Crippen molar-refractivity contribution < 1.29 is 18.1 Å². The van der Waals surface area contributed by atoms with Crippen LogP contribution in [0, 0.1) is 10.1 Å². The van der Waals surface area contributed by atoms with Crippen LogP contribution in [0.25, 0.3) is 0 Å². The largest absolute Gasteiger partial charge is 0.410 e. The molecular formula is C7H10ClN3O5S. The van der Waals surface area contributed by atoms with E-state index in [1.165, 1.54) is 7.11 Å². The van der Waals surface area contributed by atoms with E-state index in [4.69, 9.17) is 15.4 Å². The topological polar surface area (TPSA) is 104 Å². The molecule has 1 aromatic heterocycles. The van der Waals surface area contributed by atoms with Gasteiger partial charge in [-0.2, -0.15) is 4.68 Å². The molecule has 0 saturated heterocycles. The van der Waals surface area contributed by atoms with Gasteiger partial charge in [0.15, 0.2) is 0 Å². The molecule has 0 amide bonds. The Hall–Kier alpha value is -1.19. The fourth-order valence-electron chi connectivity index (χ4n) is 1.21. The minimum absolute atomic E-state index is 0.237. The summed E-state index contributed by atoms with van der Waals surface area (Å²) in [5.74, 6) is -0.789. The third-order valence-electron chi connectivity index (χ3n) is 1.98. The van der Waals surface area contributed by atoms with Crippen LogP contribution in [0.4, 0.5) is 5.82 Å². The zero-order valence-corrected chi connectivity index (χ0v) is 10.6. The van der Waals surface area contributed by atoms with Crippen molar-refractivity contribution >= 4 is 25.6 Å². The van der Waals surface area contributed by atoms with Gasteiger partial charge in [-0.05, 0) is 11.8 Å². The maximum atomic E-state index is 11.1. The van der Waals surface area contributed by atoms with Crippen LogP contribution in [0.1, 0.15) is 13.0 Å². The molecule has 0 aliphatic heterocycles. The summed E-state index contributed by atoms with van der Waals surface area (Å²) in [6, 6.07) is -0.342. The molecule has 0 N–H and O–H groups in total. The number of methoxy groups -OCH3 is 1. The van der Waals surface area contributed by atoms with E-state index in [0.29, 0.717) is 0 Å². The van der Waals surface area contributed by atoms with Crippen LogP contribution < -0.4 is 0 Å². The second-order valence-corrected chi connectivity index (χ2v) is 5.83. The summed E-state index contributed by atoms with van der Waals surface area (Å²) < 4.78 is 28.2. The van der Waals surface area contributed by atoms with Gasteiger partial charge in [0.25, 0.3) is 9.05 Å². The Labute approximate surface area is 102 Å². The predicted octanol–water partition coefficient (Wildman–Crippen LogP) is 0.926. The highest BCUT2D eigenvalue weighted by Gasteiger charge is 2.31. The number of aromatic nitrogens is 2. The van der Waals surface area contributed by atoms with Gasteiger partial charge in [0.2, 0.25) is 4.90 Å². The maximum absolute atomic E-state index is 11.1. The molecule has 0 radical (unpaired) electrons. The van der Waals surface area contributed by atoms with Gasteiger partial charge in [-0.3, -0.25) is 0 Å². The van der Waals surface area contributed by atoms with Crippen molar-refractivity contribution in [3.8, 4) is 0 Å². The fraction of sp³-hybridized carbons (Fsp3) is 0.571. The van der Waals surface area contributed by atoms with E-state index in [0.717, 1.165) is 10.9 Å². The molecule has 1 heterocycles. The molecule has 1 atom stereocenters. The molecule has 0 fully saturated rings. The lowest BCUT2D eigenvalue weighted by Gasteiger charge is -2.05. The summed E-state index contributed by atoms with van der Waals surface area (Å²) in [5, 5.41) is 14.2. The summed E-state index contributed by atoms with van der Waals surface area (Å²) in [6.45, 7) is 1.91. The highest BCUT2D eigenvalue weighted by Crippen LogP contribution is 2.26. The minimum atomic E-state index is -4.20. The Kier molecular flexibility index (Phi) is 4.07. The van der Waals surface area contributed by atoms with Crippen LogP contribution >= 0.6 is 10.7 Å². The molecule has 8 nitrogen and oxygen atoms in total. The van der Waals surface area contributed by atoms with E-state index in [1.807, 2.05) is 0 Å². The quantitative estimate of drug-likeness (QED) is 0.452. The van der Waals surface area contributed by atoms with Crippen molar-refractivity contribution in [2.24, 2.45) is 0 Å². The molecule has 0 bridgehead atoms. The molecular weight excluding hydrogens is 274 g/mol. The fourth-order valence-corrected chi connectivity index (χ4v) is 2.10. The van der Waals surface area contributed by atoms with Crippen LogP contribution in [0.5, 0.6) is 0 Å². The normalized spacial score (nSPS) is 13.6. The van der Waals surface area contributed by atoms with Gasteiger partial charge < -0.3 is 14.9 Å². The van der Waals surface area contributed by atoms with Gasteiger partial charge in [-0.15, -0.1) is 0 Å². The second-order valence-electron chi connectivity index (χ2n) is 3.30. The summed E-state index contributed by atoms with van der Waals surface area (Å²) in [4.78, 5) is 9.12. The maximum Gasteiger partial charge on any atom is 0.410 e. The van der Waals surface area contributed by atoms with Crippen LogP contribution in [0.2, 0.25) is 0 Å². The third kappa shape index (κ3) is 3.14. The van der Waals surface area contributed by atoms with Gasteiger partial charge in [0, 0.05) is 17.8 Å². The lowest BCUT2D eigenvalue weighted by molar-refractivity contribution is -0.392. The van der Waals surface area contributed by atoms with Crippen molar-refractivity contribution in [1.29, 1.82) is 0 Å². The van der Waals surface area contributed by atoms with E-state index in [1.54, 1.807) is 6.92 Å². The smallest absolute Gasteiger partial charge is 0.382 e. The first kappa shape index (κ1) is 13.9. The summed E-state index contributed by atoms with van der Waals surface area (Å²) >= 11 is 0. The van der Waals surface area contributed by atoms with Crippen LogP contribution in [-0.2, 0) is 13.8 Å². The van der Waals surface area contributed by atoms with Gasteiger partial charge in [0.1, 0.15) is 0 Å². The predicted molar refractivity (Wildman–Crippen MR) is 58.5 cm³/mol. The van der Waals surface area contributed by atoms with E-state index in [-0.39, 0.29) is 12.6 Å². The number of hydrogen-bond acceptors (Lipinski definition) is 6. The first-order valence-corrected chi connectivity index (χ1v) is 6.75. The summed E-state index contributed by atoms with van der Waals surface area (Å²) in [5.41, 5.74) is 0. The van der Waals surface area contributed by atoms with Crippen molar-refractivity contribution in [2.75, 3.05) is 13.7 Å². The number of ether oxygens (including phenoxy) is 1. The Morgan fingerprint density at radius 1 is 1.71 bits per heavy atom. The highest BCUT2D eigenvalue weighted by atomic mass is 35.7. The molecule has 0 saturated carbocycles. The molecule has 0 aromatic carbocycles. The SMILES string of the molecule is COCC(C)n1cc(S(=O)(=O)Cl)c([N+](=O)[O-])n1. The zero-order chi connectivity index (χ0) is 13.2. The standard InChI is InChI=1S/C7H10ClN3O5S/c1-5(4-16-2)10-3-6(17(8,14)15)7(9-10)11(12)13/h3,5H,4H2,1-2H3. The molecule has 1 aromatic rings. The minimum Gasteiger partial charge on any atom is -0.382 e. The Bertz CT molecular complexity index is 526. The van der Waals surface area contributed by atoms with Crippen molar-refractivity contribution in [1.82, 2.24) is 9.78 Å². The lowest BCUT2D eigenvalue weighted by Crippen LogP contribution is -2.11. The van der Waals surface area contributed by atoms with Gasteiger partial charge in [-0.1, -0.05) is 0 Å². The average molecular weight is 284 g/mol. The van der Waals surface area contributed by atoms with E-state index < -0.39 is 24.7 Å². The third-order valence-corrected chi connectivity index (χ3v) is 3.29. The highest BCUT2D eigenvalue weighted by molar-refractivity contribution is 8.13. The van der Waals surface area contributed by atoms with Gasteiger partial charge >= 0.3 is 5.82 Å². The molecule has 17 heavy (non-hydrogen) atoms. The Morgan fingerprint density at radius 3 is 2.65 bits per heavy atom. The van der Waals surface area contributed by atoms with E-state index in [9.17, 15) is 18.5 Å². The number of nitrogens with zero attached hydrogens (tertiary/aromatic N) is 3. The Morgan fingerprint density at radius 2 is 2.29 bits per heavy atom. The molecule has 96 valence electrons. The van der Waals surface area contributed by atoms with Crippen LogP contribution in [0.15, 0.2) is 11.1 Å². The number of halogens is 1. The molecule has 10 heteroatoms. The van der Waals surface area contributed by atoms with Gasteiger partial charge in [-0.25, -0.2) is 8.42 Å². The van der Waals surface area contributed by atoms with Crippen molar-refractivity contribution in [3.05, 3.63) is 16.3 Å². The van der Waals surface area contributed by atoms with E-state index in [2.05, 4.69) is 5.10 Å². The molecule has 0 aliphatic rings. The number of rotatable bonds is 5. The summed E-state index contributed by atoms with van der Waals surface area (Å²) in [6.07, 6.45) is 1.02. The summed E-state index contributed by atoms with van der Waals surface area (Å²) in [7, 11) is 2.34. The van der Waals surface area contributed by atoms with E-state index >= 15 is 0 Å². The Balaban J connectivity index is 3.27. The van der Waals surface area contributed by atoms with Crippen molar-refractivity contribution in [2.45, 2.75) is 17.9 Å². The van der Waals surface area contributed by atoms with Crippen molar-refractivity contribution in [3.63, 3.8) is 0 Å². The average Bonchev–Trinajstić information content (AvgIpc) is 2.61.